The summed E-state index contributed by atoms with van der Waals surface area (Å²) < 4.78 is 0. The number of carbonyl (C=O) groups is 2. The molecule has 0 saturated carbocycles. The van der Waals surface area contributed by atoms with Gasteiger partial charge in [0.05, 0.1) is 11.4 Å². The predicted octanol–water partition coefficient (Wildman–Crippen LogP) is 4.58. The summed E-state index contributed by atoms with van der Waals surface area (Å²) in [6.45, 7) is 16.0. The fourth-order valence-corrected chi connectivity index (χ4v) is 3.45. The van der Waals surface area contributed by atoms with Crippen molar-refractivity contribution in [2.24, 2.45) is 22.0 Å². The fourth-order valence-electron chi connectivity index (χ4n) is 3.45. The van der Waals surface area contributed by atoms with Crippen LogP contribution in [0.2, 0.25) is 0 Å². The third-order valence-electron chi connectivity index (χ3n) is 5.81. The van der Waals surface area contributed by atoms with Crippen LogP contribution in [0.5, 0.6) is 0 Å². The largest absolute Gasteiger partial charge is 0.273 e. The molecule has 0 saturated heterocycles. The van der Waals surface area contributed by atoms with Crippen molar-refractivity contribution in [2.75, 3.05) is 0 Å². The second kappa shape index (κ2) is 10.9. The first-order chi connectivity index (χ1) is 14.2. The van der Waals surface area contributed by atoms with E-state index >= 15 is 0 Å². The van der Waals surface area contributed by atoms with Gasteiger partial charge in [-0.15, -0.1) is 0 Å². The molecule has 2 aliphatic carbocycles. The molecule has 0 aliphatic heterocycles. The Hall–Kier alpha value is -2.76. The van der Waals surface area contributed by atoms with Crippen molar-refractivity contribution in [3.8, 4) is 0 Å². The van der Waals surface area contributed by atoms with Crippen LogP contribution >= 0.6 is 0 Å². The van der Waals surface area contributed by atoms with Crippen LogP contribution in [0.3, 0.4) is 0 Å². The van der Waals surface area contributed by atoms with Gasteiger partial charge in [-0.25, -0.2) is 10.9 Å². The van der Waals surface area contributed by atoms with Crippen molar-refractivity contribution in [2.45, 2.75) is 66.2 Å². The van der Waals surface area contributed by atoms with Gasteiger partial charge in [0.15, 0.2) is 0 Å². The zero-order valence-electron chi connectivity index (χ0n) is 18.7. The summed E-state index contributed by atoms with van der Waals surface area (Å²) in [6.07, 6.45) is 7.83. The van der Waals surface area contributed by atoms with E-state index in [1.807, 2.05) is 27.7 Å². The van der Waals surface area contributed by atoms with Crippen molar-refractivity contribution in [1.82, 2.24) is 10.9 Å². The van der Waals surface area contributed by atoms with E-state index in [4.69, 9.17) is 0 Å². The van der Waals surface area contributed by atoms with Gasteiger partial charge in [0.2, 0.25) is 11.8 Å². The van der Waals surface area contributed by atoms with Gasteiger partial charge in [0.1, 0.15) is 0 Å². The van der Waals surface area contributed by atoms with E-state index in [-0.39, 0.29) is 24.7 Å². The standard InChI is InChI=1S/C24H34N4O2/c1-15(2)19-9-7-17(5)21(13-19)25-27-23(29)11-12-24(30)28-26-22-14-20(16(3)4)10-8-18(22)6/h7-8,19-20H,1,3,9-14H2,2,4-6H3,(H,27,29)(H,28,30)/t19-,20+. The van der Waals surface area contributed by atoms with Gasteiger partial charge in [-0.2, -0.15) is 10.2 Å². The smallest absolute Gasteiger partial charge is 0.240 e. The first-order valence-corrected chi connectivity index (χ1v) is 10.5. The van der Waals surface area contributed by atoms with Gasteiger partial charge in [-0.3, -0.25) is 9.59 Å². The highest BCUT2D eigenvalue weighted by atomic mass is 16.2. The highest BCUT2D eigenvalue weighted by Gasteiger charge is 2.20. The summed E-state index contributed by atoms with van der Waals surface area (Å²) in [5, 5.41) is 8.52. The van der Waals surface area contributed by atoms with Gasteiger partial charge < -0.3 is 0 Å². The third kappa shape index (κ3) is 6.94. The van der Waals surface area contributed by atoms with Crippen LogP contribution < -0.4 is 10.9 Å². The van der Waals surface area contributed by atoms with Gasteiger partial charge in [0.25, 0.3) is 0 Å². The molecule has 162 valence electrons. The maximum absolute atomic E-state index is 12.1. The van der Waals surface area contributed by atoms with E-state index < -0.39 is 0 Å². The molecule has 0 bridgehead atoms. The molecular weight excluding hydrogens is 376 g/mol. The molecule has 0 fully saturated rings. The molecule has 2 atom stereocenters. The lowest BCUT2D eigenvalue weighted by Crippen LogP contribution is -2.26. The summed E-state index contributed by atoms with van der Waals surface area (Å²) in [5.74, 6) is 0.144. The topological polar surface area (TPSA) is 82.9 Å². The monoisotopic (exact) mass is 410 g/mol. The molecule has 2 amide bonds. The first-order valence-electron chi connectivity index (χ1n) is 10.5. The van der Waals surface area contributed by atoms with Crippen molar-refractivity contribution in [3.05, 3.63) is 47.6 Å². The zero-order valence-corrected chi connectivity index (χ0v) is 18.7. The van der Waals surface area contributed by atoms with Crippen molar-refractivity contribution >= 4 is 23.2 Å². The lowest BCUT2D eigenvalue weighted by Gasteiger charge is -2.22. The zero-order chi connectivity index (χ0) is 22.3. The minimum absolute atomic E-state index is 0.0589. The molecule has 0 aromatic rings. The Bertz CT molecular complexity index is 775. The average Bonchev–Trinajstić information content (AvgIpc) is 2.70. The van der Waals surface area contributed by atoms with E-state index in [2.05, 4.69) is 46.4 Å². The van der Waals surface area contributed by atoms with Crippen LogP contribution in [0, 0.1) is 11.8 Å². The van der Waals surface area contributed by atoms with Crippen LogP contribution in [0.1, 0.15) is 66.2 Å². The molecule has 0 heterocycles. The average molecular weight is 411 g/mol. The molecule has 2 rings (SSSR count). The Morgan fingerprint density at radius 3 is 1.57 bits per heavy atom. The van der Waals surface area contributed by atoms with Gasteiger partial charge >= 0.3 is 0 Å². The number of allylic oxidation sites excluding steroid dienone is 6. The number of nitrogens with zero attached hydrogens (tertiary/aromatic N) is 2. The minimum Gasteiger partial charge on any atom is -0.273 e. The Balaban J connectivity index is 1.81. The van der Waals surface area contributed by atoms with Crippen molar-refractivity contribution in [3.63, 3.8) is 0 Å². The Morgan fingerprint density at radius 2 is 1.23 bits per heavy atom. The predicted molar refractivity (Wildman–Crippen MR) is 123 cm³/mol. The summed E-state index contributed by atoms with van der Waals surface area (Å²) in [7, 11) is 0. The van der Waals surface area contributed by atoms with E-state index in [0.717, 1.165) is 59.4 Å². The number of hydrogen-bond acceptors (Lipinski definition) is 4. The Morgan fingerprint density at radius 1 is 0.867 bits per heavy atom. The SMILES string of the molecule is C=C(C)[C@@H]1CC=C(C)C(=NNC(=O)CCC(=O)NN=C2C[C@@H](C(=C)C)CC=C2C)C1. The third-order valence-corrected chi connectivity index (χ3v) is 5.81. The maximum atomic E-state index is 12.1. The Labute approximate surface area is 180 Å². The van der Waals surface area contributed by atoms with Crippen LogP contribution in [-0.4, -0.2) is 23.2 Å². The fraction of sp³-hybridized carbons (Fsp3) is 0.500. The Kier molecular flexibility index (Phi) is 8.51. The summed E-state index contributed by atoms with van der Waals surface area (Å²) >= 11 is 0. The van der Waals surface area contributed by atoms with Gasteiger partial charge in [-0.1, -0.05) is 36.5 Å². The van der Waals surface area contributed by atoms with Crippen LogP contribution in [-0.2, 0) is 9.59 Å². The number of nitrogens with one attached hydrogen (secondary N) is 2. The molecule has 0 spiro atoms. The highest BCUT2D eigenvalue weighted by Crippen LogP contribution is 2.27. The number of carbonyl (C=O) groups excluding carboxylic acids is 2. The highest BCUT2D eigenvalue weighted by molar-refractivity contribution is 6.02. The first kappa shape index (κ1) is 23.5. The number of rotatable bonds is 7. The van der Waals surface area contributed by atoms with Crippen molar-refractivity contribution < 1.29 is 9.59 Å². The molecular formula is C24H34N4O2. The number of hydrazone groups is 2. The second-order valence-corrected chi connectivity index (χ2v) is 8.43. The quantitative estimate of drug-likeness (QED) is 0.476. The van der Waals surface area contributed by atoms with E-state index in [1.54, 1.807) is 0 Å². The molecule has 6 heteroatoms. The molecule has 0 aromatic carbocycles. The minimum atomic E-state index is -0.286. The summed E-state index contributed by atoms with van der Waals surface area (Å²) in [4.78, 5) is 24.2. The maximum Gasteiger partial charge on any atom is 0.240 e. The molecule has 6 nitrogen and oxygen atoms in total. The molecule has 2 aliphatic rings. The number of amides is 2. The van der Waals surface area contributed by atoms with Crippen LogP contribution in [0.25, 0.3) is 0 Å². The molecule has 30 heavy (non-hydrogen) atoms. The van der Waals surface area contributed by atoms with Gasteiger partial charge in [0, 0.05) is 12.8 Å². The summed E-state index contributed by atoms with van der Waals surface area (Å²) in [6, 6.07) is 0. The van der Waals surface area contributed by atoms with Crippen LogP contribution in [0.4, 0.5) is 0 Å². The van der Waals surface area contributed by atoms with E-state index in [0.29, 0.717) is 11.8 Å². The lowest BCUT2D eigenvalue weighted by molar-refractivity contribution is -0.126. The normalized spacial score (nSPS) is 24.1. The summed E-state index contributed by atoms with van der Waals surface area (Å²) in [5.41, 5.74) is 11.3. The lowest BCUT2D eigenvalue weighted by atomic mass is 9.85. The number of hydrogen-bond donors (Lipinski definition) is 2. The molecule has 0 radical (unpaired) electrons. The molecule has 0 aromatic heterocycles. The van der Waals surface area contributed by atoms with E-state index in [1.165, 1.54) is 0 Å². The second-order valence-electron chi connectivity index (χ2n) is 8.43. The molecule has 2 N–H and O–H groups in total. The van der Waals surface area contributed by atoms with E-state index in [9.17, 15) is 9.59 Å². The van der Waals surface area contributed by atoms with Gasteiger partial charge in [-0.05, 0) is 76.4 Å². The van der Waals surface area contributed by atoms with Crippen molar-refractivity contribution in [1.29, 1.82) is 0 Å². The molecule has 0 unspecified atom stereocenters. The van der Waals surface area contributed by atoms with Crippen LogP contribution in [0.15, 0.2) is 57.8 Å².